The summed E-state index contributed by atoms with van der Waals surface area (Å²) in [6.45, 7) is 9.87. The van der Waals surface area contributed by atoms with E-state index in [4.69, 9.17) is 0 Å². The van der Waals surface area contributed by atoms with Crippen LogP contribution < -0.4 is 0 Å². The molecule has 1 heterocycles. The molecule has 3 unspecified atom stereocenters. The van der Waals surface area contributed by atoms with E-state index in [1.165, 1.54) is 0 Å². The van der Waals surface area contributed by atoms with Crippen LogP contribution in [0, 0.1) is 11.8 Å². The number of Topliss-reactive ketones (excluding diaryl/α,β-unsaturated/α-hetero) is 1. The number of hydrogen-bond acceptors (Lipinski definition) is 2. The van der Waals surface area contributed by atoms with Crippen molar-refractivity contribution in [3.63, 3.8) is 0 Å². The lowest BCUT2D eigenvalue weighted by Gasteiger charge is -2.28. The van der Waals surface area contributed by atoms with Crippen LogP contribution in [-0.4, -0.2) is 22.6 Å². The normalized spacial score (nSPS) is 24.9. The Morgan fingerprint density at radius 3 is 2.63 bits per heavy atom. The molecule has 3 heteroatoms. The maximum absolute atomic E-state index is 12.2. The van der Waals surface area contributed by atoms with Crippen LogP contribution >= 0.6 is 0 Å². The molecule has 0 N–H and O–H groups in total. The molecule has 3 atom stereocenters. The van der Waals surface area contributed by atoms with Crippen LogP contribution in [-0.2, 0) is 9.59 Å². The Hall–Kier alpha value is -1.12. The summed E-state index contributed by atoms with van der Waals surface area (Å²) in [6, 6.07) is 0.111. The summed E-state index contributed by atoms with van der Waals surface area (Å²) in [4.78, 5) is 25.5. The van der Waals surface area contributed by atoms with Crippen molar-refractivity contribution in [3.8, 4) is 0 Å². The molecule has 1 fully saturated rings. The van der Waals surface area contributed by atoms with Gasteiger partial charge in [0.1, 0.15) is 5.78 Å². The molecule has 0 aromatic rings. The smallest absolute Gasteiger partial charge is 0.227 e. The topological polar surface area (TPSA) is 37.4 Å². The number of allylic oxidation sites excluding steroid dienone is 2. The first-order valence-electron chi connectivity index (χ1n) is 7.41. The van der Waals surface area contributed by atoms with Gasteiger partial charge in [0.2, 0.25) is 5.91 Å². The van der Waals surface area contributed by atoms with Gasteiger partial charge in [-0.2, -0.15) is 0 Å². The highest BCUT2D eigenvalue weighted by atomic mass is 16.2. The molecule has 0 aromatic heterocycles. The highest BCUT2D eigenvalue weighted by Crippen LogP contribution is 2.32. The minimum absolute atomic E-state index is 0.0196. The van der Waals surface area contributed by atoms with Crippen LogP contribution in [0.4, 0.5) is 0 Å². The largest absolute Gasteiger partial charge is 0.313 e. The van der Waals surface area contributed by atoms with Gasteiger partial charge in [0.05, 0.1) is 0 Å². The summed E-state index contributed by atoms with van der Waals surface area (Å²) in [5.41, 5.74) is 1.16. The summed E-state index contributed by atoms with van der Waals surface area (Å²) in [5.74, 6) is 0.740. The molecule has 0 aliphatic carbocycles. The van der Waals surface area contributed by atoms with Gasteiger partial charge in [-0.05, 0) is 26.7 Å². The van der Waals surface area contributed by atoms with E-state index in [9.17, 15) is 9.59 Å². The molecule has 0 bridgehead atoms. The number of amides is 1. The van der Waals surface area contributed by atoms with Gasteiger partial charge in [0.15, 0.2) is 0 Å². The zero-order valence-corrected chi connectivity index (χ0v) is 12.9. The van der Waals surface area contributed by atoms with Gasteiger partial charge in [0, 0.05) is 30.0 Å². The molecular formula is C16H27NO2. The molecule has 0 spiro atoms. The van der Waals surface area contributed by atoms with E-state index in [1.54, 1.807) is 6.92 Å². The second-order valence-corrected chi connectivity index (χ2v) is 5.88. The van der Waals surface area contributed by atoms with Crippen molar-refractivity contribution >= 4 is 11.7 Å². The van der Waals surface area contributed by atoms with Crippen LogP contribution in [0.1, 0.15) is 60.3 Å². The number of unbranched alkanes of at least 4 members (excludes halogenated alkanes) is 1. The zero-order chi connectivity index (χ0) is 14.6. The number of nitrogens with zero attached hydrogens (tertiary/aromatic N) is 1. The zero-order valence-electron chi connectivity index (χ0n) is 12.9. The van der Waals surface area contributed by atoms with Gasteiger partial charge in [-0.3, -0.25) is 9.59 Å². The van der Waals surface area contributed by atoms with E-state index in [1.807, 2.05) is 11.8 Å². The molecule has 0 saturated carbocycles. The lowest BCUT2D eigenvalue weighted by molar-refractivity contribution is -0.129. The molecule has 1 saturated heterocycles. The molecule has 19 heavy (non-hydrogen) atoms. The quantitative estimate of drug-likeness (QED) is 0.736. The van der Waals surface area contributed by atoms with Crippen LogP contribution in [0.3, 0.4) is 0 Å². The Kier molecular flexibility index (Phi) is 5.77. The Morgan fingerprint density at radius 2 is 2.11 bits per heavy atom. The Labute approximate surface area is 117 Å². The van der Waals surface area contributed by atoms with Crippen molar-refractivity contribution in [3.05, 3.63) is 11.8 Å². The van der Waals surface area contributed by atoms with Gasteiger partial charge >= 0.3 is 0 Å². The first-order valence-corrected chi connectivity index (χ1v) is 7.41. The van der Waals surface area contributed by atoms with E-state index in [2.05, 4.69) is 26.8 Å². The fraction of sp³-hybridized carbons (Fsp3) is 0.750. The second-order valence-electron chi connectivity index (χ2n) is 5.88. The second kappa shape index (κ2) is 6.88. The average Bonchev–Trinajstić information content (AvgIpc) is 2.60. The predicted octanol–water partition coefficient (Wildman–Crippen LogP) is 3.54. The SMILES string of the molecule is CCC/C=C1\C(C)CC(=O)N1C(C)CC(C)C(C)=O. The summed E-state index contributed by atoms with van der Waals surface area (Å²) in [5, 5.41) is 0. The molecule has 1 aliphatic heterocycles. The standard InChI is InChI=1S/C16H27NO2/c1-6-7-8-15-12(3)10-16(19)17(15)13(4)9-11(2)14(5)18/h8,11-13H,6-7,9-10H2,1-5H3/b15-8+. The first-order chi connectivity index (χ1) is 8.88. The molecule has 0 radical (unpaired) electrons. The van der Waals surface area contributed by atoms with Gasteiger partial charge in [-0.25, -0.2) is 0 Å². The summed E-state index contributed by atoms with van der Waals surface area (Å²) >= 11 is 0. The number of likely N-dealkylation sites (tertiary alicyclic amines) is 1. The predicted molar refractivity (Wildman–Crippen MR) is 77.5 cm³/mol. The van der Waals surface area contributed by atoms with Crippen LogP contribution in [0.15, 0.2) is 11.8 Å². The van der Waals surface area contributed by atoms with Gasteiger partial charge in [-0.15, -0.1) is 0 Å². The summed E-state index contributed by atoms with van der Waals surface area (Å²) in [6.07, 6.45) is 5.66. The minimum Gasteiger partial charge on any atom is -0.313 e. The third-order valence-corrected chi connectivity index (χ3v) is 4.00. The maximum atomic E-state index is 12.2. The molecular weight excluding hydrogens is 238 g/mol. The van der Waals surface area contributed by atoms with Crippen LogP contribution in [0.2, 0.25) is 0 Å². The van der Waals surface area contributed by atoms with E-state index in [0.29, 0.717) is 12.3 Å². The van der Waals surface area contributed by atoms with Crippen molar-refractivity contribution in [2.45, 2.75) is 66.3 Å². The Bertz CT molecular complexity index is 373. The third-order valence-electron chi connectivity index (χ3n) is 4.00. The van der Waals surface area contributed by atoms with Gasteiger partial charge < -0.3 is 4.90 Å². The minimum atomic E-state index is 0.0196. The number of hydrogen-bond donors (Lipinski definition) is 0. The molecule has 108 valence electrons. The van der Waals surface area contributed by atoms with Crippen molar-refractivity contribution in [1.82, 2.24) is 4.90 Å². The Morgan fingerprint density at radius 1 is 1.47 bits per heavy atom. The maximum Gasteiger partial charge on any atom is 0.227 e. The highest BCUT2D eigenvalue weighted by molar-refractivity contribution is 5.82. The number of carbonyl (C=O) groups excluding carboxylic acids is 2. The highest BCUT2D eigenvalue weighted by Gasteiger charge is 2.35. The average molecular weight is 265 g/mol. The number of rotatable bonds is 6. The molecule has 1 rings (SSSR count). The van der Waals surface area contributed by atoms with Crippen molar-refractivity contribution in [1.29, 1.82) is 0 Å². The van der Waals surface area contributed by atoms with Gasteiger partial charge in [0.25, 0.3) is 0 Å². The lowest BCUT2D eigenvalue weighted by Crippen LogP contribution is -2.35. The number of carbonyl (C=O) groups is 2. The molecule has 1 aliphatic rings. The first kappa shape index (κ1) is 15.9. The number of ketones is 1. The molecule has 3 nitrogen and oxygen atoms in total. The molecule has 1 amide bonds. The lowest BCUT2D eigenvalue weighted by atomic mass is 9.98. The van der Waals surface area contributed by atoms with Crippen LogP contribution in [0.5, 0.6) is 0 Å². The fourth-order valence-electron chi connectivity index (χ4n) is 2.72. The van der Waals surface area contributed by atoms with Gasteiger partial charge in [-0.1, -0.05) is 33.3 Å². The monoisotopic (exact) mass is 265 g/mol. The van der Waals surface area contributed by atoms with Crippen molar-refractivity contribution < 1.29 is 9.59 Å². The van der Waals surface area contributed by atoms with E-state index >= 15 is 0 Å². The van der Waals surface area contributed by atoms with Crippen molar-refractivity contribution in [2.75, 3.05) is 0 Å². The van der Waals surface area contributed by atoms with Crippen molar-refractivity contribution in [2.24, 2.45) is 11.8 Å². The summed E-state index contributed by atoms with van der Waals surface area (Å²) in [7, 11) is 0. The molecule has 0 aromatic carbocycles. The van der Waals surface area contributed by atoms with E-state index in [0.717, 1.165) is 25.0 Å². The fourth-order valence-corrected chi connectivity index (χ4v) is 2.72. The Balaban J connectivity index is 2.82. The third kappa shape index (κ3) is 3.92. The van der Waals surface area contributed by atoms with E-state index < -0.39 is 0 Å². The van der Waals surface area contributed by atoms with E-state index in [-0.39, 0.29) is 23.7 Å². The van der Waals surface area contributed by atoms with Crippen LogP contribution in [0.25, 0.3) is 0 Å². The summed E-state index contributed by atoms with van der Waals surface area (Å²) < 4.78 is 0.